The lowest BCUT2D eigenvalue weighted by molar-refractivity contribution is -0.133. The van der Waals surface area contributed by atoms with Crippen LogP contribution >= 0.6 is 22.9 Å². The van der Waals surface area contributed by atoms with E-state index in [4.69, 9.17) is 11.6 Å². The van der Waals surface area contributed by atoms with E-state index in [1.54, 1.807) is 17.4 Å². The number of carbonyl (C=O) groups excluding carboxylic acids is 2. The first-order chi connectivity index (χ1) is 12.0. The number of benzene rings is 1. The quantitative estimate of drug-likeness (QED) is 0.872. The Balaban J connectivity index is 1.51. The maximum atomic E-state index is 12.5. The Labute approximate surface area is 156 Å². The summed E-state index contributed by atoms with van der Waals surface area (Å²) in [6, 6.07) is 9.38. The molecule has 1 saturated heterocycles. The van der Waals surface area contributed by atoms with E-state index in [9.17, 15) is 9.59 Å². The predicted molar refractivity (Wildman–Crippen MR) is 102 cm³/mol. The molecule has 1 aromatic heterocycles. The number of anilines is 1. The summed E-state index contributed by atoms with van der Waals surface area (Å²) in [5.74, 6) is 0.117. The molecule has 4 nitrogen and oxygen atoms in total. The Bertz CT molecular complexity index is 753. The summed E-state index contributed by atoms with van der Waals surface area (Å²) in [6.45, 7) is 3.21. The summed E-state index contributed by atoms with van der Waals surface area (Å²) < 4.78 is 0. The molecular formula is C19H21ClN2O2S. The molecule has 1 aliphatic rings. The van der Waals surface area contributed by atoms with E-state index >= 15 is 0 Å². The Hall–Kier alpha value is -1.85. The minimum Gasteiger partial charge on any atom is -0.342 e. The summed E-state index contributed by atoms with van der Waals surface area (Å²) in [7, 11) is 0. The second kappa shape index (κ2) is 8.02. The number of likely N-dealkylation sites (tertiary alicyclic amines) is 1. The smallest absolute Gasteiger partial charge is 0.227 e. The lowest BCUT2D eigenvalue weighted by Crippen LogP contribution is -2.42. The average Bonchev–Trinajstić information content (AvgIpc) is 3.10. The first-order valence-corrected chi connectivity index (χ1v) is 9.66. The van der Waals surface area contributed by atoms with Crippen molar-refractivity contribution in [3.05, 3.63) is 51.2 Å². The highest BCUT2D eigenvalue weighted by molar-refractivity contribution is 7.10. The molecule has 0 atom stereocenters. The van der Waals surface area contributed by atoms with Crippen molar-refractivity contribution in [1.29, 1.82) is 0 Å². The van der Waals surface area contributed by atoms with Gasteiger partial charge in [-0.3, -0.25) is 9.59 Å². The van der Waals surface area contributed by atoms with Gasteiger partial charge in [0.05, 0.1) is 6.42 Å². The second-order valence-electron chi connectivity index (χ2n) is 6.36. The van der Waals surface area contributed by atoms with Crippen LogP contribution in [0.5, 0.6) is 0 Å². The number of hydrogen-bond acceptors (Lipinski definition) is 3. The van der Waals surface area contributed by atoms with Gasteiger partial charge in [0.2, 0.25) is 11.8 Å². The maximum absolute atomic E-state index is 12.5. The summed E-state index contributed by atoms with van der Waals surface area (Å²) in [4.78, 5) is 27.8. The monoisotopic (exact) mass is 376 g/mol. The van der Waals surface area contributed by atoms with E-state index < -0.39 is 0 Å². The van der Waals surface area contributed by atoms with Crippen molar-refractivity contribution in [2.75, 3.05) is 18.4 Å². The van der Waals surface area contributed by atoms with Gasteiger partial charge in [-0.15, -0.1) is 11.3 Å². The van der Waals surface area contributed by atoms with Crippen molar-refractivity contribution in [3.63, 3.8) is 0 Å². The summed E-state index contributed by atoms with van der Waals surface area (Å²) in [6.07, 6.45) is 1.86. The number of aryl methyl sites for hydroxylation is 1. The third kappa shape index (κ3) is 4.61. The summed E-state index contributed by atoms with van der Waals surface area (Å²) in [5, 5.41) is 5.63. The number of rotatable bonds is 4. The van der Waals surface area contributed by atoms with Crippen LogP contribution in [0.25, 0.3) is 0 Å². The molecule has 0 radical (unpaired) electrons. The molecule has 2 heterocycles. The number of piperidine rings is 1. The fraction of sp³-hybridized carbons (Fsp3) is 0.368. The van der Waals surface area contributed by atoms with E-state index in [0.29, 0.717) is 37.4 Å². The Morgan fingerprint density at radius 2 is 2.04 bits per heavy atom. The molecule has 0 saturated carbocycles. The van der Waals surface area contributed by atoms with E-state index in [2.05, 4.69) is 5.32 Å². The van der Waals surface area contributed by atoms with Crippen molar-refractivity contribution in [2.45, 2.75) is 26.2 Å². The van der Waals surface area contributed by atoms with Gasteiger partial charge in [-0.25, -0.2) is 0 Å². The molecule has 1 N–H and O–H groups in total. The molecule has 6 heteroatoms. The second-order valence-corrected chi connectivity index (χ2v) is 7.83. The zero-order valence-electron chi connectivity index (χ0n) is 14.1. The van der Waals surface area contributed by atoms with Crippen LogP contribution in [0.3, 0.4) is 0 Å². The van der Waals surface area contributed by atoms with Crippen molar-refractivity contribution in [1.82, 2.24) is 4.90 Å². The van der Waals surface area contributed by atoms with Crippen molar-refractivity contribution >= 4 is 40.4 Å². The van der Waals surface area contributed by atoms with Crippen molar-refractivity contribution in [2.24, 2.45) is 5.92 Å². The number of thiophene rings is 1. The number of nitrogens with zero attached hydrogens (tertiary/aromatic N) is 1. The first kappa shape index (κ1) is 18.0. The normalized spacial score (nSPS) is 15.2. The van der Waals surface area contributed by atoms with Crippen LogP contribution < -0.4 is 5.32 Å². The van der Waals surface area contributed by atoms with E-state index in [1.807, 2.05) is 41.5 Å². The van der Waals surface area contributed by atoms with Crippen LogP contribution in [0.2, 0.25) is 5.02 Å². The molecule has 132 valence electrons. The molecule has 3 rings (SSSR count). The molecule has 1 aromatic carbocycles. The maximum Gasteiger partial charge on any atom is 0.227 e. The molecule has 0 bridgehead atoms. The number of amides is 2. The lowest BCUT2D eigenvalue weighted by atomic mass is 9.95. The van der Waals surface area contributed by atoms with Gasteiger partial charge in [0.25, 0.3) is 0 Å². The summed E-state index contributed by atoms with van der Waals surface area (Å²) >= 11 is 7.55. The van der Waals surface area contributed by atoms with Crippen molar-refractivity contribution in [3.8, 4) is 0 Å². The van der Waals surface area contributed by atoms with E-state index in [-0.39, 0.29) is 17.7 Å². The predicted octanol–water partition coefficient (Wildman–Crippen LogP) is 4.13. The number of hydrogen-bond donors (Lipinski definition) is 1. The van der Waals surface area contributed by atoms with Gasteiger partial charge >= 0.3 is 0 Å². The van der Waals surface area contributed by atoms with Gasteiger partial charge in [0.15, 0.2) is 0 Å². The van der Waals surface area contributed by atoms with Crippen molar-refractivity contribution < 1.29 is 9.59 Å². The molecule has 0 aliphatic carbocycles. The minimum atomic E-state index is -0.0548. The SMILES string of the molecule is Cc1cc(Cl)ccc1NC(=O)C1CCN(C(=O)Cc2cccs2)CC1. The van der Waals surface area contributed by atoms with Gasteiger partial charge in [-0.1, -0.05) is 17.7 Å². The summed E-state index contributed by atoms with van der Waals surface area (Å²) in [5.41, 5.74) is 1.75. The number of nitrogens with one attached hydrogen (secondary N) is 1. The minimum absolute atomic E-state index is 0.0239. The van der Waals surface area contributed by atoms with Gasteiger partial charge in [-0.2, -0.15) is 0 Å². The van der Waals surface area contributed by atoms with Gasteiger partial charge in [0.1, 0.15) is 0 Å². The Morgan fingerprint density at radius 1 is 1.28 bits per heavy atom. The molecule has 0 unspecified atom stereocenters. The molecule has 25 heavy (non-hydrogen) atoms. The Morgan fingerprint density at radius 3 is 2.68 bits per heavy atom. The zero-order valence-corrected chi connectivity index (χ0v) is 15.7. The van der Waals surface area contributed by atoms with Crippen LogP contribution in [-0.4, -0.2) is 29.8 Å². The topological polar surface area (TPSA) is 49.4 Å². The zero-order chi connectivity index (χ0) is 17.8. The van der Waals surface area contributed by atoms with Crippen LogP contribution in [0.1, 0.15) is 23.3 Å². The number of halogens is 1. The standard InChI is InChI=1S/C19H21ClN2O2S/c1-13-11-15(20)4-5-17(13)21-19(24)14-6-8-22(9-7-14)18(23)12-16-3-2-10-25-16/h2-5,10-11,14H,6-9,12H2,1H3,(H,21,24). The van der Waals surface area contributed by atoms with Gasteiger partial charge in [0, 0.05) is 34.6 Å². The van der Waals surface area contributed by atoms with Crippen LogP contribution in [-0.2, 0) is 16.0 Å². The van der Waals surface area contributed by atoms with E-state index in [1.165, 1.54) is 0 Å². The molecule has 0 spiro atoms. The molecule has 2 aromatic rings. The average molecular weight is 377 g/mol. The van der Waals surface area contributed by atoms with Crippen LogP contribution in [0.4, 0.5) is 5.69 Å². The highest BCUT2D eigenvalue weighted by Crippen LogP contribution is 2.24. The van der Waals surface area contributed by atoms with Gasteiger partial charge in [-0.05, 0) is 55.0 Å². The van der Waals surface area contributed by atoms with E-state index in [0.717, 1.165) is 16.1 Å². The fourth-order valence-electron chi connectivity index (χ4n) is 3.07. The highest BCUT2D eigenvalue weighted by Gasteiger charge is 2.27. The van der Waals surface area contributed by atoms with Crippen LogP contribution in [0.15, 0.2) is 35.7 Å². The largest absolute Gasteiger partial charge is 0.342 e. The fourth-order valence-corrected chi connectivity index (χ4v) is 3.99. The molecular weight excluding hydrogens is 356 g/mol. The van der Waals surface area contributed by atoms with Gasteiger partial charge < -0.3 is 10.2 Å². The lowest BCUT2D eigenvalue weighted by Gasteiger charge is -2.31. The first-order valence-electron chi connectivity index (χ1n) is 8.40. The molecule has 1 aliphatic heterocycles. The molecule has 1 fully saturated rings. The number of carbonyl (C=O) groups is 2. The Kier molecular flexibility index (Phi) is 5.76. The third-order valence-corrected chi connectivity index (χ3v) is 5.68. The third-order valence-electron chi connectivity index (χ3n) is 4.57. The highest BCUT2D eigenvalue weighted by atomic mass is 35.5. The van der Waals surface area contributed by atoms with Crippen LogP contribution in [0, 0.1) is 12.8 Å². The molecule has 2 amide bonds.